The quantitative estimate of drug-likeness (QED) is 0.343. The first-order valence-corrected chi connectivity index (χ1v) is 13.0. The van der Waals surface area contributed by atoms with Gasteiger partial charge in [0.15, 0.2) is 6.29 Å². The highest BCUT2D eigenvalue weighted by atomic mass is 16.7. The molecule has 174 valence electrons. The van der Waals surface area contributed by atoms with E-state index >= 15 is 0 Å². The van der Waals surface area contributed by atoms with Crippen LogP contribution in [0.1, 0.15) is 78.6 Å². The topological polar surface area (TPSA) is 72.8 Å². The van der Waals surface area contributed by atoms with E-state index in [0.29, 0.717) is 17.8 Å². The van der Waals surface area contributed by atoms with Crippen LogP contribution in [0.4, 0.5) is 0 Å². The molecule has 1 N–H and O–H groups in total. The van der Waals surface area contributed by atoms with Crippen molar-refractivity contribution in [3.63, 3.8) is 0 Å². The first-order chi connectivity index (χ1) is 14.9. The van der Waals surface area contributed by atoms with Crippen LogP contribution in [0.5, 0.6) is 0 Å². The first-order valence-electron chi connectivity index (χ1n) is 13.0. The minimum atomic E-state index is -0.887. The van der Waals surface area contributed by atoms with Gasteiger partial charge in [0.05, 0.1) is 17.9 Å². The summed E-state index contributed by atoms with van der Waals surface area (Å²) in [6, 6.07) is 0. The number of carboxylic acids is 1. The number of esters is 1. The molecule has 5 heteroatoms. The Morgan fingerprint density at radius 2 is 1.55 bits per heavy atom. The van der Waals surface area contributed by atoms with Crippen LogP contribution < -0.4 is 0 Å². The number of ether oxygens (including phenoxy) is 2. The average molecular weight is 433 g/mol. The zero-order chi connectivity index (χ0) is 21.9. The lowest BCUT2D eigenvalue weighted by molar-refractivity contribution is -0.198. The molecule has 0 aromatic rings. The van der Waals surface area contributed by atoms with Gasteiger partial charge in [-0.3, -0.25) is 9.59 Å². The number of carbonyl (C=O) groups is 2. The molecule has 5 nitrogen and oxygen atoms in total. The highest BCUT2D eigenvalue weighted by Gasteiger charge is 2.66. The Morgan fingerprint density at radius 1 is 0.903 bits per heavy atom. The van der Waals surface area contributed by atoms with Crippen molar-refractivity contribution in [3.8, 4) is 0 Å². The van der Waals surface area contributed by atoms with Gasteiger partial charge in [-0.05, 0) is 92.8 Å². The van der Waals surface area contributed by atoms with Crippen molar-refractivity contribution in [1.82, 2.24) is 0 Å². The first kappa shape index (κ1) is 21.7. The molecule has 0 heterocycles. The lowest BCUT2D eigenvalue weighted by atomic mass is 9.59. The van der Waals surface area contributed by atoms with Gasteiger partial charge < -0.3 is 14.6 Å². The monoisotopic (exact) mass is 432 g/mol. The van der Waals surface area contributed by atoms with Gasteiger partial charge in [0.2, 0.25) is 0 Å². The lowest BCUT2D eigenvalue weighted by Crippen LogP contribution is -2.46. The largest absolute Gasteiger partial charge is 0.481 e. The van der Waals surface area contributed by atoms with Crippen LogP contribution in [0.15, 0.2) is 0 Å². The maximum atomic E-state index is 13.4. The Balaban J connectivity index is 1.32. The van der Waals surface area contributed by atoms with Crippen molar-refractivity contribution in [2.45, 2.75) is 91.0 Å². The third-order valence-corrected chi connectivity index (χ3v) is 10.2. The summed E-state index contributed by atoms with van der Waals surface area (Å²) in [5, 5.41) is 9.87. The van der Waals surface area contributed by atoms with E-state index in [9.17, 15) is 14.7 Å². The average Bonchev–Trinajstić information content (AvgIpc) is 3.49. The second-order valence-electron chi connectivity index (χ2n) is 11.5. The molecule has 0 amide bonds. The third kappa shape index (κ3) is 3.63. The van der Waals surface area contributed by atoms with Gasteiger partial charge in [-0.2, -0.15) is 0 Å². The van der Waals surface area contributed by atoms with E-state index in [4.69, 9.17) is 9.47 Å². The maximum Gasteiger partial charge on any atom is 0.312 e. The van der Waals surface area contributed by atoms with Crippen LogP contribution in [0.2, 0.25) is 0 Å². The third-order valence-electron chi connectivity index (χ3n) is 10.2. The Morgan fingerprint density at radius 3 is 2.19 bits per heavy atom. The standard InChI is InChI=1S/C26H40O5/c1-13-19-12-20(24-17-10-9-16(11-17)23(19)24)21(13)22(14(2)25(27)28)26(29)31-15(3)30-18-7-5-4-6-8-18/h13-24H,4-12H2,1-3H3,(H,27,28). The predicted molar refractivity (Wildman–Crippen MR) is 116 cm³/mol. The SMILES string of the molecule is CC(OC(=O)C(C(C)C(=O)O)C1C(C)C2CC1C1C3CCC(C3)C21)OC1CCCCC1. The van der Waals surface area contributed by atoms with E-state index < -0.39 is 24.1 Å². The normalized spacial score (nSPS) is 44.1. The van der Waals surface area contributed by atoms with Gasteiger partial charge in [0.25, 0.3) is 0 Å². The summed E-state index contributed by atoms with van der Waals surface area (Å²) >= 11 is 0. The minimum Gasteiger partial charge on any atom is -0.481 e. The molecule has 5 aliphatic carbocycles. The molecule has 5 aliphatic rings. The van der Waals surface area contributed by atoms with Crippen LogP contribution >= 0.6 is 0 Å². The fourth-order valence-electron chi connectivity index (χ4n) is 9.12. The van der Waals surface area contributed by atoms with Gasteiger partial charge >= 0.3 is 11.9 Å². The summed E-state index contributed by atoms with van der Waals surface area (Å²) < 4.78 is 11.8. The van der Waals surface area contributed by atoms with Crippen LogP contribution in [0, 0.1) is 59.2 Å². The second-order valence-corrected chi connectivity index (χ2v) is 11.5. The van der Waals surface area contributed by atoms with Gasteiger partial charge in [-0.1, -0.05) is 33.1 Å². The highest BCUT2D eigenvalue weighted by Crippen LogP contribution is 2.71. The van der Waals surface area contributed by atoms with E-state index in [1.165, 1.54) is 32.1 Å². The lowest BCUT2D eigenvalue weighted by Gasteiger charge is -2.45. The molecule has 11 unspecified atom stereocenters. The number of hydrogen-bond acceptors (Lipinski definition) is 4. The van der Waals surface area contributed by atoms with Crippen molar-refractivity contribution in [3.05, 3.63) is 0 Å². The van der Waals surface area contributed by atoms with Crippen molar-refractivity contribution < 1.29 is 24.2 Å². The van der Waals surface area contributed by atoms with Crippen molar-refractivity contribution in [1.29, 1.82) is 0 Å². The molecule has 0 aromatic carbocycles. The molecule has 0 aliphatic heterocycles. The Kier molecular flexibility index (Phi) is 5.85. The smallest absolute Gasteiger partial charge is 0.312 e. The summed E-state index contributed by atoms with van der Waals surface area (Å²) in [5.74, 6) is 2.42. The number of carbonyl (C=O) groups excluding carboxylic acids is 1. The number of fused-ring (bicyclic) bond motifs is 9. The van der Waals surface area contributed by atoms with E-state index in [1.807, 2.05) is 0 Å². The van der Waals surface area contributed by atoms with Crippen molar-refractivity contribution in [2.24, 2.45) is 59.2 Å². The fourth-order valence-corrected chi connectivity index (χ4v) is 9.12. The highest BCUT2D eigenvalue weighted by molar-refractivity contribution is 5.81. The van der Waals surface area contributed by atoms with Gasteiger partial charge in [-0.25, -0.2) is 0 Å². The van der Waals surface area contributed by atoms with Gasteiger partial charge in [0, 0.05) is 0 Å². The number of hydrogen-bond donors (Lipinski definition) is 1. The molecular weight excluding hydrogens is 392 g/mol. The van der Waals surface area contributed by atoms with E-state index in [-0.39, 0.29) is 18.0 Å². The summed E-state index contributed by atoms with van der Waals surface area (Å²) in [7, 11) is 0. The van der Waals surface area contributed by atoms with Crippen LogP contribution in [0.25, 0.3) is 0 Å². The number of aliphatic carboxylic acids is 1. The van der Waals surface area contributed by atoms with Crippen LogP contribution in [0.3, 0.4) is 0 Å². The molecule has 0 radical (unpaired) electrons. The van der Waals surface area contributed by atoms with Crippen molar-refractivity contribution in [2.75, 3.05) is 0 Å². The summed E-state index contributed by atoms with van der Waals surface area (Å²) in [6.07, 6.45) is 10.5. The summed E-state index contributed by atoms with van der Waals surface area (Å²) in [5.41, 5.74) is 0. The molecule has 5 rings (SSSR count). The van der Waals surface area contributed by atoms with Gasteiger partial charge in [0.1, 0.15) is 0 Å². The molecule has 11 atom stereocenters. The molecule has 0 spiro atoms. The zero-order valence-corrected chi connectivity index (χ0v) is 19.4. The predicted octanol–water partition coefficient (Wildman–Crippen LogP) is 5.13. The Labute approximate surface area is 186 Å². The van der Waals surface area contributed by atoms with E-state index in [0.717, 1.165) is 49.4 Å². The molecule has 5 saturated carbocycles. The molecule has 5 fully saturated rings. The number of rotatable bonds is 7. The molecular formula is C26H40O5. The van der Waals surface area contributed by atoms with E-state index in [1.54, 1.807) is 13.8 Å². The zero-order valence-electron chi connectivity index (χ0n) is 19.4. The molecule has 0 saturated heterocycles. The fraction of sp³-hybridized carbons (Fsp3) is 0.923. The Hall–Kier alpha value is -1.10. The molecule has 0 aromatic heterocycles. The minimum absolute atomic E-state index is 0.131. The van der Waals surface area contributed by atoms with Gasteiger partial charge in [-0.15, -0.1) is 0 Å². The number of carboxylic acid groups (broad SMARTS) is 1. The van der Waals surface area contributed by atoms with Crippen LogP contribution in [-0.2, 0) is 19.1 Å². The molecule has 31 heavy (non-hydrogen) atoms. The maximum absolute atomic E-state index is 13.4. The van der Waals surface area contributed by atoms with Crippen LogP contribution in [-0.4, -0.2) is 29.4 Å². The summed E-state index contributed by atoms with van der Waals surface area (Å²) in [4.78, 5) is 25.5. The van der Waals surface area contributed by atoms with Crippen molar-refractivity contribution >= 4 is 11.9 Å². The summed E-state index contributed by atoms with van der Waals surface area (Å²) in [6.45, 7) is 5.79. The molecule has 4 bridgehead atoms. The Bertz CT molecular complexity index is 700. The second kappa shape index (κ2) is 8.35. The van der Waals surface area contributed by atoms with E-state index in [2.05, 4.69) is 6.92 Å².